The number of hydrogen-bond acceptors (Lipinski definition) is 5. The first-order valence-corrected chi connectivity index (χ1v) is 7.03. The van der Waals surface area contributed by atoms with Gasteiger partial charge in [0.2, 0.25) is 0 Å². The lowest BCUT2D eigenvalue weighted by molar-refractivity contribution is 0.598. The molecule has 19 heavy (non-hydrogen) atoms. The van der Waals surface area contributed by atoms with Crippen molar-refractivity contribution in [1.82, 2.24) is 14.5 Å². The van der Waals surface area contributed by atoms with Crippen molar-refractivity contribution in [2.24, 2.45) is 7.05 Å². The fourth-order valence-corrected chi connectivity index (χ4v) is 2.51. The molecule has 0 saturated heterocycles. The SMILES string of the molecule is Cc1cc(NS(=O)(=O)c2cn(C)c(C)n2)ncc1N. The first-order chi connectivity index (χ1) is 8.79. The summed E-state index contributed by atoms with van der Waals surface area (Å²) < 4.78 is 28.2. The quantitative estimate of drug-likeness (QED) is 0.866. The van der Waals surface area contributed by atoms with Crippen LogP contribution in [0.4, 0.5) is 11.5 Å². The van der Waals surface area contributed by atoms with E-state index in [1.54, 1.807) is 31.5 Å². The minimum atomic E-state index is -3.73. The van der Waals surface area contributed by atoms with E-state index in [9.17, 15) is 8.42 Å². The van der Waals surface area contributed by atoms with Crippen molar-refractivity contribution in [2.75, 3.05) is 10.5 Å². The van der Waals surface area contributed by atoms with Crippen LogP contribution in [0, 0.1) is 13.8 Å². The summed E-state index contributed by atoms with van der Waals surface area (Å²) in [6, 6.07) is 1.57. The van der Waals surface area contributed by atoms with Crippen molar-refractivity contribution < 1.29 is 8.42 Å². The van der Waals surface area contributed by atoms with Gasteiger partial charge in [-0.25, -0.2) is 9.97 Å². The molecule has 0 amide bonds. The largest absolute Gasteiger partial charge is 0.397 e. The van der Waals surface area contributed by atoms with Crippen molar-refractivity contribution in [1.29, 1.82) is 0 Å². The van der Waals surface area contributed by atoms with Crippen LogP contribution in [0.3, 0.4) is 0 Å². The molecule has 0 aliphatic carbocycles. The molecule has 0 aromatic carbocycles. The molecule has 8 heteroatoms. The molecule has 0 atom stereocenters. The van der Waals surface area contributed by atoms with Gasteiger partial charge in [0, 0.05) is 13.2 Å². The normalized spacial score (nSPS) is 11.5. The van der Waals surface area contributed by atoms with Crippen molar-refractivity contribution in [3.8, 4) is 0 Å². The number of anilines is 2. The Labute approximate surface area is 111 Å². The molecule has 2 heterocycles. The smallest absolute Gasteiger partial charge is 0.282 e. The molecule has 2 aromatic rings. The highest BCUT2D eigenvalue weighted by Gasteiger charge is 2.19. The van der Waals surface area contributed by atoms with Gasteiger partial charge in [-0.15, -0.1) is 0 Å². The Morgan fingerprint density at radius 2 is 2.05 bits per heavy atom. The van der Waals surface area contributed by atoms with Gasteiger partial charge < -0.3 is 10.3 Å². The zero-order valence-electron chi connectivity index (χ0n) is 10.9. The van der Waals surface area contributed by atoms with Crippen molar-refractivity contribution in [3.05, 3.63) is 29.8 Å². The van der Waals surface area contributed by atoms with Gasteiger partial charge in [0.05, 0.1) is 11.9 Å². The number of nitrogens with two attached hydrogens (primary N) is 1. The monoisotopic (exact) mass is 281 g/mol. The lowest BCUT2D eigenvalue weighted by Crippen LogP contribution is -2.14. The number of sulfonamides is 1. The molecule has 0 spiro atoms. The molecule has 0 unspecified atom stereocenters. The number of rotatable bonds is 3. The van der Waals surface area contributed by atoms with Crippen molar-refractivity contribution in [3.63, 3.8) is 0 Å². The van der Waals surface area contributed by atoms with Crippen LogP contribution in [0.5, 0.6) is 0 Å². The van der Waals surface area contributed by atoms with E-state index in [0.29, 0.717) is 11.5 Å². The molecule has 3 N–H and O–H groups in total. The summed E-state index contributed by atoms with van der Waals surface area (Å²) in [7, 11) is -2.00. The fourth-order valence-electron chi connectivity index (χ4n) is 1.47. The molecule has 2 rings (SSSR count). The van der Waals surface area contributed by atoms with Crippen LogP contribution in [0.1, 0.15) is 11.4 Å². The zero-order valence-corrected chi connectivity index (χ0v) is 11.7. The second-order valence-corrected chi connectivity index (χ2v) is 5.90. The highest BCUT2D eigenvalue weighted by atomic mass is 32.2. The standard InChI is InChI=1S/C11H15N5O2S/c1-7-4-10(13-5-9(7)12)15-19(17,18)11-6-16(3)8(2)14-11/h4-6H,12H2,1-3H3,(H,13,15). The molecular weight excluding hydrogens is 266 g/mol. The van der Waals surface area contributed by atoms with Gasteiger partial charge in [-0.2, -0.15) is 8.42 Å². The third-order valence-corrected chi connectivity index (χ3v) is 3.98. The number of hydrogen-bond donors (Lipinski definition) is 2. The number of aryl methyl sites for hydroxylation is 3. The van der Waals surface area contributed by atoms with Crippen LogP contribution in [-0.2, 0) is 17.1 Å². The van der Waals surface area contributed by atoms with Crippen LogP contribution in [0.25, 0.3) is 0 Å². The van der Waals surface area contributed by atoms with Crippen LogP contribution < -0.4 is 10.5 Å². The predicted molar refractivity (Wildman–Crippen MR) is 72.1 cm³/mol. The Kier molecular flexibility index (Phi) is 3.19. The molecule has 0 fully saturated rings. The van der Waals surface area contributed by atoms with Crippen LogP contribution >= 0.6 is 0 Å². The molecule has 0 aliphatic rings. The molecule has 7 nitrogen and oxygen atoms in total. The number of nitrogens with one attached hydrogen (secondary N) is 1. The van der Waals surface area contributed by atoms with E-state index in [2.05, 4.69) is 14.7 Å². The molecule has 0 radical (unpaired) electrons. The van der Waals surface area contributed by atoms with E-state index in [-0.39, 0.29) is 10.8 Å². The van der Waals surface area contributed by atoms with E-state index in [1.165, 1.54) is 12.4 Å². The van der Waals surface area contributed by atoms with Crippen LogP contribution in [0.2, 0.25) is 0 Å². The van der Waals surface area contributed by atoms with E-state index >= 15 is 0 Å². The minimum Gasteiger partial charge on any atom is -0.397 e. The van der Waals surface area contributed by atoms with Gasteiger partial charge >= 0.3 is 0 Å². The lowest BCUT2D eigenvalue weighted by Gasteiger charge is -2.06. The predicted octanol–water partition coefficient (Wildman–Crippen LogP) is 0.815. The summed E-state index contributed by atoms with van der Waals surface area (Å²) in [6.07, 6.45) is 2.86. The zero-order chi connectivity index (χ0) is 14.2. The molecule has 102 valence electrons. The van der Waals surface area contributed by atoms with Gasteiger partial charge in [-0.3, -0.25) is 4.72 Å². The Balaban J connectivity index is 2.33. The van der Waals surface area contributed by atoms with Gasteiger partial charge in [0.15, 0.2) is 5.03 Å². The van der Waals surface area contributed by atoms with Crippen LogP contribution in [-0.4, -0.2) is 23.0 Å². The van der Waals surface area contributed by atoms with E-state index in [0.717, 1.165) is 5.56 Å². The number of aromatic nitrogens is 3. The second kappa shape index (κ2) is 4.54. The van der Waals surface area contributed by atoms with Crippen molar-refractivity contribution >= 4 is 21.5 Å². The number of imidazole rings is 1. The lowest BCUT2D eigenvalue weighted by atomic mass is 10.2. The van der Waals surface area contributed by atoms with Gasteiger partial charge in [-0.05, 0) is 25.5 Å². The van der Waals surface area contributed by atoms with Gasteiger partial charge in [0.1, 0.15) is 11.6 Å². The number of nitrogens with zero attached hydrogens (tertiary/aromatic N) is 3. The molecule has 0 bridgehead atoms. The molecular formula is C11H15N5O2S. The van der Waals surface area contributed by atoms with Crippen LogP contribution in [0.15, 0.2) is 23.5 Å². The average molecular weight is 281 g/mol. The maximum absolute atomic E-state index is 12.1. The number of pyridine rings is 1. The summed E-state index contributed by atoms with van der Waals surface area (Å²) in [6.45, 7) is 3.50. The first-order valence-electron chi connectivity index (χ1n) is 5.54. The summed E-state index contributed by atoms with van der Waals surface area (Å²) in [5.41, 5.74) is 6.90. The summed E-state index contributed by atoms with van der Waals surface area (Å²) in [5, 5.41) is -0.0382. The van der Waals surface area contributed by atoms with E-state index in [1.807, 2.05) is 0 Å². The summed E-state index contributed by atoms with van der Waals surface area (Å²) in [5.74, 6) is 0.830. The first kappa shape index (κ1) is 13.3. The van der Waals surface area contributed by atoms with Crippen molar-refractivity contribution in [2.45, 2.75) is 18.9 Å². The minimum absolute atomic E-state index is 0.0382. The molecule has 0 saturated carbocycles. The Morgan fingerprint density at radius 1 is 1.37 bits per heavy atom. The topological polar surface area (TPSA) is 103 Å². The Morgan fingerprint density at radius 3 is 2.58 bits per heavy atom. The third kappa shape index (κ3) is 2.68. The van der Waals surface area contributed by atoms with Gasteiger partial charge in [-0.1, -0.05) is 0 Å². The summed E-state index contributed by atoms with van der Waals surface area (Å²) in [4.78, 5) is 7.91. The average Bonchev–Trinajstić information content (AvgIpc) is 2.65. The molecule has 0 aliphatic heterocycles. The van der Waals surface area contributed by atoms with E-state index in [4.69, 9.17) is 5.73 Å². The summed E-state index contributed by atoms with van der Waals surface area (Å²) >= 11 is 0. The third-order valence-electron chi connectivity index (χ3n) is 2.75. The van der Waals surface area contributed by atoms with Gasteiger partial charge in [0.25, 0.3) is 10.0 Å². The second-order valence-electron chi connectivity index (χ2n) is 4.27. The Hall–Kier alpha value is -2.09. The molecule has 2 aromatic heterocycles. The maximum atomic E-state index is 12.1. The fraction of sp³-hybridized carbons (Fsp3) is 0.273. The number of nitrogen functional groups attached to an aromatic ring is 1. The Bertz CT molecular complexity index is 701. The highest BCUT2D eigenvalue weighted by molar-refractivity contribution is 7.92. The van der Waals surface area contributed by atoms with E-state index < -0.39 is 10.0 Å². The highest BCUT2D eigenvalue weighted by Crippen LogP contribution is 2.17. The maximum Gasteiger partial charge on any atom is 0.282 e.